The van der Waals surface area contributed by atoms with Crippen LogP contribution < -0.4 is 10.6 Å². The topological polar surface area (TPSA) is 81.7 Å². The molecule has 2 aromatic rings. The highest BCUT2D eigenvalue weighted by Crippen LogP contribution is 2.28. The van der Waals surface area contributed by atoms with Gasteiger partial charge in [0.1, 0.15) is 11.6 Å². The second-order valence-electron chi connectivity index (χ2n) is 7.92. The van der Waals surface area contributed by atoms with E-state index >= 15 is 0 Å². The van der Waals surface area contributed by atoms with E-state index in [0.29, 0.717) is 36.6 Å². The minimum absolute atomic E-state index is 0.0317. The maximum absolute atomic E-state index is 13.1. The molecule has 1 aliphatic rings. The van der Waals surface area contributed by atoms with E-state index in [-0.39, 0.29) is 41.4 Å². The molecule has 166 valence electrons. The summed E-state index contributed by atoms with van der Waals surface area (Å²) in [4.78, 5) is 27.3. The number of amides is 2. The summed E-state index contributed by atoms with van der Waals surface area (Å²) in [7, 11) is 0. The Bertz CT molecular complexity index is 930. The first-order valence-electron chi connectivity index (χ1n) is 10.3. The van der Waals surface area contributed by atoms with Crippen LogP contribution in [0.5, 0.6) is 5.75 Å². The van der Waals surface area contributed by atoms with Crippen LogP contribution in [0, 0.1) is 11.7 Å². The number of likely N-dealkylation sites (tertiary alicyclic amines) is 1. The highest BCUT2D eigenvalue weighted by molar-refractivity contribution is 6.31. The van der Waals surface area contributed by atoms with Gasteiger partial charge in [-0.05, 0) is 75.7 Å². The largest absolute Gasteiger partial charge is 0.506 e. The maximum Gasteiger partial charge on any atom is 0.237 e. The Kier molecular flexibility index (Phi) is 7.51. The molecule has 3 N–H and O–H groups in total. The number of piperidine rings is 1. The second-order valence-corrected chi connectivity index (χ2v) is 8.36. The SMILES string of the molecule is CC(NC(=O)C(C)N1CCC(C(=O)Nc2cc(Cl)ccc2O)CC1)c1ccc(F)cc1. The van der Waals surface area contributed by atoms with Crippen LogP contribution >= 0.6 is 11.6 Å². The Balaban J connectivity index is 1.50. The van der Waals surface area contributed by atoms with Crippen molar-refractivity contribution in [3.05, 3.63) is 58.9 Å². The Hall–Kier alpha value is -2.64. The van der Waals surface area contributed by atoms with Gasteiger partial charge >= 0.3 is 0 Å². The number of hydrogen-bond acceptors (Lipinski definition) is 4. The van der Waals surface area contributed by atoms with Crippen LogP contribution in [-0.4, -0.2) is 41.0 Å². The van der Waals surface area contributed by atoms with E-state index < -0.39 is 0 Å². The summed E-state index contributed by atoms with van der Waals surface area (Å²) in [6.07, 6.45) is 1.22. The minimum Gasteiger partial charge on any atom is -0.506 e. The van der Waals surface area contributed by atoms with Crippen LogP contribution in [0.1, 0.15) is 38.3 Å². The van der Waals surface area contributed by atoms with Gasteiger partial charge in [0.25, 0.3) is 0 Å². The van der Waals surface area contributed by atoms with E-state index in [0.717, 1.165) is 5.56 Å². The van der Waals surface area contributed by atoms with Gasteiger partial charge in [-0.25, -0.2) is 4.39 Å². The lowest BCUT2D eigenvalue weighted by Crippen LogP contribution is -2.49. The van der Waals surface area contributed by atoms with Gasteiger partial charge in [0.05, 0.1) is 17.8 Å². The van der Waals surface area contributed by atoms with Crippen molar-refractivity contribution in [3.8, 4) is 5.75 Å². The Morgan fingerprint density at radius 1 is 1.13 bits per heavy atom. The van der Waals surface area contributed by atoms with Crippen molar-refractivity contribution in [2.24, 2.45) is 5.92 Å². The zero-order valence-corrected chi connectivity index (χ0v) is 18.3. The smallest absolute Gasteiger partial charge is 0.237 e. The number of aromatic hydroxyl groups is 1. The molecule has 0 bridgehead atoms. The number of carbonyl (C=O) groups is 2. The first kappa shape index (κ1) is 23.0. The van der Waals surface area contributed by atoms with Crippen molar-refractivity contribution in [2.75, 3.05) is 18.4 Å². The number of hydrogen-bond donors (Lipinski definition) is 3. The molecule has 2 aromatic carbocycles. The summed E-state index contributed by atoms with van der Waals surface area (Å²) in [5.41, 5.74) is 1.13. The lowest BCUT2D eigenvalue weighted by molar-refractivity contribution is -0.127. The van der Waals surface area contributed by atoms with E-state index in [9.17, 15) is 19.1 Å². The van der Waals surface area contributed by atoms with Crippen LogP contribution in [0.2, 0.25) is 5.02 Å². The molecule has 2 unspecified atom stereocenters. The molecule has 3 rings (SSSR count). The Labute approximate surface area is 186 Å². The average Bonchev–Trinajstić information content (AvgIpc) is 2.76. The van der Waals surface area contributed by atoms with Crippen molar-refractivity contribution in [1.29, 1.82) is 0 Å². The number of rotatable bonds is 6. The van der Waals surface area contributed by atoms with Crippen LogP contribution in [0.3, 0.4) is 0 Å². The van der Waals surface area contributed by atoms with Crippen molar-refractivity contribution in [2.45, 2.75) is 38.8 Å². The average molecular weight is 448 g/mol. The summed E-state index contributed by atoms with van der Waals surface area (Å²) in [5, 5.41) is 16.0. The molecule has 0 spiro atoms. The lowest BCUT2D eigenvalue weighted by atomic mass is 9.94. The number of carbonyl (C=O) groups excluding carboxylic acids is 2. The first-order valence-corrected chi connectivity index (χ1v) is 10.7. The van der Waals surface area contributed by atoms with Gasteiger partial charge in [0.2, 0.25) is 11.8 Å². The molecule has 31 heavy (non-hydrogen) atoms. The van der Waals surface area contributed by atoms with Crippen LogP contribution in [0.25, 0.3) is 0 Å². The van der Waals surface area contributed by atoms with Crippen molar-refractivity contribution >= 4 is 29.1 Å². The fourth-order valence-corrected chi connectivity index (χ4v) is 3.90. The number of nitrogens with one attached hydrogen (secondary N) is 2. The third-order valence-corrected chi connectivity index (χ3v) is 6.01. The quantitative estimate of drug-likeness (QED) is 0.582. The maximum atomic E-state index is 13.1. The number of halogens is 2. The molecular formula is C23H27ClFN3O3. The molecular weight excluding hydrogens is 421 g/mol. The molecule has 8 heteroatoms. The van der Waals surface area contributed by atoms with E-state index in [2.05, 4.69) is 10.6 Å². The molecule has 2 atom stereocenters. The molecule has 0 aromatic heterocycles. The van der Waals surface area contributed by atoms with Crippen molar-refractivity contribution in [3.63, 3.8) is 0 Å². The minimum atomic E-state index is -0.344. The molecule has 1 heterocycles. The highest BCUT2D eigenvalue weighted by Gasteiger charge is 2.30. The molecule has 0 aliphatic carbocycles. The van der Waals surface area contributed by atoms with Gasteiger partial charge in [0.15, 0.2) is 0 Å². The third kappa shape index (κ3) is 5.95. The molecule has 0 radical (unpaired) electrons. The van der Waals surface area contributed by atoms with E-state index in [1.165, 1.54) is 24.3 Å². The first-order chi connectivity index (χ1) is 14.7. The van der Waals surface area contributed by atoms with Gasteiger partial charge in [0, 0.05) is 10.9 Å². The molecule has 1 fully saturated rings. The molecule has 1 aliphatic heterocycles. The number of anilines is 1. The van der Waals surface area contributed by atoms with Gasteiger partial charge < -0.3 is 15.7 Å². The normalized spacial score (nSPS) is 17.0. The fourth-order valence-electron chi connectivity index (χ4n) is 3.73. The Morgan fingerprint density at radius 2 is 1.77 bits per heavy atom. The van der Waals surface area contributed by atoms with E-state index in [4.69, 9.17) is 11.6 Å². The second kappa shape index (κ2) is 10.1. The summed E-state index contributed by atoms with van der Waals surface area (Å²) < 4.78 is 13.1. The zero-order valence-electron chi connectivity index (χ0n) is 17.6. The van der Waals surface area contributed by atoms with Crippen LogP contribution in [0.4, 0.5) is 10.1 Å². The fraction of sp³-hybridized carbons (Fsp3) is 0.391. The lowest BCUT2D eigenvalue weighted by Gasteiger charge is -2.35. The van der Waals surface area contributed by atoms with Gasteiger partial charge in [-0.2, -0.15) is 0 Å². The summed E-state index contributed by atoms with van der Waals surface area (Å²) in [6.45, 7) is 4.93. The third-order valence-electron chi connectivity index (χ3n) is 5.77. The van der Waals surface area contributed by atoms with Crippen LogP contribution in [-0.2, 0) is 9.59 Å². The monoisotopic (exact) mass is 447 g/mol. The number of phenols is 1. The van der Waals surface area contributed by atoms with Crippen molar-refractivity contribution in [1.82, 2.24) is 10.2 Å². The van der Waals surface area contributed by atoms with E-state index in [1.807, 2.05) is 18.7 Å². The van der Waals surface area contributed by atoms with E-state index in [1.54, 1.807) is 18.2 Å². The predicted octanol–water partition coefficient (Wildman–Crippen LogP) is 4.10. The standard InChI is InChI=1S/C23H27ClFN3O3/c1-14(16-3-6-19(25)7-4-16)26-22(30)15(2)28-11-9-17(10-12-28)23(31)27-20-13-18(24)5-8-21(20)29/h3-8,13-15,17,29H,9-12H2,1-2H3,(H,26,30)(H,27,31). The zero-order chi connectivity index (χ0) is 22.5. The van der Waals surface area contributed by atoms with Crippen molar-refractivity contribution < 1.29 is 19.1 Å². The summed E-state index contributed by atoms with van der Waals surface area (Å²) in [6, 6.07) is 9.99. The summed E-state index contributed by atoms with van der Waals surface area (Å²) in [5.74, 6) is -0.824. The molecule has 2 amide bonds. The number of nitrogens with zero attached hydrogens (tertiary/aromatic N) is 1. The predicted molar refractivity (Wildman–Crippen MR) is 118 cm³/mol. The van der Waals surface area contributed by atoms with Gasteiger partial charge in [-0.15, -0.1) is 0 Å². The number of benzene rings is 2. The molecule has 0 saturated carbocycles. The summed E-state index contributed by atoms with van der Waals surface area (Å²) >= 11 is 5.93. The number of phenolic OH excluding ortho intramolecular Hbond substituents is 1. The van der Waals surface area contributed by atoms with Gasteiger partial charge in [-0.3, -0.25) is 14.5 Å². The molecule has 6 nitrogen and oxygen atoms in total. The molecule has 1 saturated heterocycles. The van der Waals surface area contributed by atoms with Crippen LogP contribution in [0.15, 0.2) is 42.5 Å². The highest BCUT2D eigenvalue weighted by atomic mass is 35.5. The van der Waals surface area contributed by atoms with Gasteiger partial charge in [-0.1, -0.05) is 23.7 Å². The Morgan fingerprint density at radius 3 is 2.42 bits per heavy atom.